The van der Waals surface area contributed by atoms with Crippen LogP contribution >= 0.6 is 50.3 Å². The van der Waals surface area contributed by atoms with Crippen LogP contribution in [0.25, 0.3) is 6.08 Å². The predicted octanol–water partition coefficient (Wildman–Crippen LogP) is 4.95. The highest BCUT2D eigenvalue weighted by Crippen LogP contribution is 2.29. The van der Waals surface area contributed by atoms with Crippen molar-refractivity contribution in [1.29, 1.82) is 0 Å². The van der Waals surface area contributed by atoms with Crippen LogP contribution in [-0.2, 0) is 4.79 Å². The molecule has 1 aliphatic rings. The van der Waals surface area contributed by atoms with Crippen molar-refractivity contribution in [2.24, 2.45) is 4.99 Å². The van der Waals surface area contributed by atoms with E-state index in [-0.39, 0.29) is 5.91 Å². The van der Waals surface area contributed by atoms with Crippen LogP contribution in [-0.4, -0.2) is 11.1 Å². The van der Waals surface area contributed by atoms with Crippen LogP contribution in [0.1, 0.15) is 5.56 Å². The van der Waals surface area contributed by atoms with Crippen LogP contribution in [0.3, 0.4) is 0 Å². The number of amides is 1. The molecule has 0 radical (unpaired) electrons. The Morgan fingerprint density at radius 3 is 2.77 bits per heavy atom. The van der Waals surface area contributed by atoms with Crippen LogP contribution in [0.15, 0.2) is 62.9 Å². The molecule has 0 saturated carbocycles. The van der Waals surface area contributed by atoms with Gasteiger partial charge in [0.15, 0.2) is 5.17 Å². The summed E-state index contributed by atoms with van der Waals surface area (Å²) in [6.07, 6.45) is 1.86. The lowest BCUT2D eigenvalue weighted by Crippen LogP contribution is -2.19. The van der Waals surface area contributed by atoms with Crippen LogP contribution in [0.2, 0.25) is 0 Å². The normalized spacial score (nSPS) is 18.0. The molecule has 1 amide bonds. The quantitative estimate of drug-likeness (QED) is 0.484. The first-order valence-electron chi connectivity index (χ1n) is 6.41. The average molecular weight is 485 g/mol. The van der Waals surface area contributed by atoms with Gasteiger partial charge in [-0.15, -0.1) is 0 Å². The lowest BCUT2D eigenvalue weighted by Gasteiger charge is -1.98. The van der Waals surface area contributed by atoms with E-state index in [1.54, 1.807) is 0 Å². The molecule has 22 heavy (non-hydrogen) atoms. The zero-order valence-corrected chi connectivity index (χ0v) is 15.8. The van der Waals surface area contributed by atoms with Crippen molar-refractivity contribution in [3.05, 3.63) is 67.0 Å². The summed E-state index contributed by atoms with van der Waals surface area (Å²) in [6.45, 7) is 0. The maximum atomic E-state index is 12.1. The Balaban J connectivity index is 1.86. The second-order valence-electron chi connectivity index (χ2n) is 4.49. The van der Waals surface area contributed by atoms with E-state index in [9.17, 15) is 4.79 Å². The van der Waals surface area contributed by atoms with E-state index in [0.29, 0.717) is 10.1 Å². The molecular weight excluding hydrogens is 475 g/mol. The largest absolute Gasteiger partial charge is 0.300 e. The van der Waals surface area contributed by atoms with Gasteiger partial charge in [0, 0.05) is 8.04 Å². The molecule has 0 aromatic heterocycles. The number of carbonyl (C=O) groups is 1. The topological polar surface area (TPSA) is 41.5 Å². The summed E-state index contributed by atoms with van der Waals surface area (Å²) in [4.78, 5) is 17.2. The van der Waals surface area contributed by atoms with Crippen LogP contribution < -0.4 is 5.32 Å². The van der Waals surface area contributed by atoms with Gasteiger partial charge in [0.1, 0.15) is 0 Å². The van der Waals surface area contributed by atoms with Crippen molar-refractivity contribution in [3.63, 3.8) is 0 Å². The number of rotatable bonds is 2. The zero-order chi connectivity index (χ0) is 15.5. The molecule has 0 unspecified atom stereocenters. The first-order valence-corrected chi connectivity index (χ1v) is 9.10. The van der Waals surface area contributed by atoms with Crippen LogP contribution in [0.4, 0.5) is 5.69 Å². The van der Waals surface area contributed by atoms with Gasteiger partial charge < -0.3 is 5.32 Å². The Labute approximate surface area is 154 Å². The van der Waals surface area contributed by atoms with Crippen molar-refractivity contribution < 1.29 is 4.79 Å². The molecule has 110 valence electrons. The highest BCUT2D eigenvalue weighted by molar-refractivity contribution is 14.1. The summed E-state index contributed by atoms with van der Waals surface area (Å²) in [6, 6.07) is 15.6. The number of aliphatic imine (C=N–C) groups is 1. The van der Waals surface area contributed by atoms with Crippen molar-refractivity contribution in [2.75, 3.05) is 0 Å². The molecule has 1 aliphatic heterocycles. The summed E-state index contributed by atoms with van der Waals surface area (Å²) >= 11 is 7.02. The first-order chi connectivity index (χ1) is 10.6. The molecule has 0 atom stereocenters. The summed E-state index contributed by atoms with van der Waals surface area (Å²) in [5.74, 6) is -0.116. The Morgan fingerprint density at radius 1 is 1.18 bits per heavy atom. The number of para-hydroxylation sites is 1. The maximum absolute atomic E-state index is 12.1. The third-order valence-electron chi connectivity index (χ3n) is 2.87. The van der Waals surface area contributed by atoms with Gasteiger partial charge in [-0.1, -0.05) is 40.2 Å². The molecule has 2 aromatic carbocycles. The van der Waals surface area contributed by atoms with Crippen molar-refractivity contribution in [1.82, 2.24) is 5.32 Å². The standard InChI is InChI=1S/C16H10BrIN2OS/c17-11-5-3-4-10(8-11)9-14-15(21)20-16(22-14)19-13-7-2-1-6-12(13)18/h1-9H,(H,19,20,21)/b14-9+. The van der Waals surface area contributed by atoms with E-state index in [2.05, 4.69) is 48.8 Å². The van der Waals surface area contributed by atoms with E-state index >= 15 is 0 Å². The number of nitrogens with one attached hydrogen (secondary N) is 1. The van der Waals surface area contributed by atoms with E-state index in [0.717, 1.165) is 19.3 Å². The van der Waals surface area contributed by atoms with Gasteiger partial charge in [-0.25, -0.2) is 4.99 Å². The molecule has 3 nitrogen and oxygen atoms in total. The molecule has 1 N–H and O–H groups in total. The Bertz CT molecular complexity index is 804. The molecule has 0 bridgehead atoms. The Morgan fingerprint density at radius 2 is 2.00 bits per heavy atom. The minimum absolute atomic E-state index is 0.116. The average Bonchev–Trinajstić information content (AvgIpc) is 2.81. The smallest absolute Gasteiger partial charge is 0.264 e. The van der Waals surface area contributed by atoms with Gasteiger partial charge >= 0.3 is 0 Å². The third-order valence-corrected chi connectivity index (χ3v) is 5.19. The van der Waals surface area contributed by atoms with Gasteiger partial charge in [0.25, 0.3) is 5.91 Å². The van der Waals surface area contributed by atoms with E-state index in [1.165, 1.54) is 11.8 Å². The minimum Gasteiger partial charge on any atom is -0.300 e. The molecule has 0 spiro atoms. The maximum Gasteiger partial charge on any atom is 0.264 e. The van der Waals surface area contributed by atoms with E-state index < -0.39 is 0 Å². The zero-order valence-electron chi connectivity index (χ0n) is 11.2. The predicted molar refractivity (Wildman–Crippen MR) is 104 cm³/mol. The molecule has 3 rings (SSSR count). The monoisotopic (exact) mass is 484 g/mol. The van der Waals surface area contributed by atoms with E-state index in [4.69, 9.17) is 0 Å². The molecule has 2 aromatic rings. The number of carbonyl (C=O) groups excluding carboxylic acids is 1. The number of hydrogen-bond donors (Lipinski definition) is 1. The Kier molecular flexibility index (Phi) is 5.00. The van der Waals surface area contributed by atoms with Crippen molar-refractivity contribution >= 4 is 73.1 Å². The number of benzene rings is 2. The molecular formula is C16H10BrIN2OS. The highest BCUT2D eigenvalue weighted by atomic mass is 127. The summed E-state index contributed by atoms with van der Waals surface area (Å²) < 4.78 is 2.03. The van der Waals surface area contributed by atoms with Gasteiger partial charge in [0.05, 0.1) is 10.6 Å². The second-order valence-corrected chi connectivity index (χ2v) is 7.60. The first kappa shape index (κ1) is 15.8. The number of amidine groups is 1. The SMILES string of the molecule is O=C1NC(=Nc2ccccc2I)S/C1=C/c1cccc(Br)c1. The molecule has 1 fully saturated rings. The summed E-state index contributed by atoms with van der Waals surface area (Å²) in [7, 11) is 0. The van der Waals surface area contributed by atoms with Crippen LogP contribution in [0.5, 0.6) is 0 Å². The van der Waals surface area contributed by atoms with Crippen molar-refractivity contribution in [2.45, 2.75) is 0 Å². The lowest BCUT2D eigenvalue weighted by atomic mass is 10.2. The van der Waals surface area contributed by atoms with Crippen LogP contribution in [0, 0.1) is 3.57 Å². The summed E-state index contributed by atoms with van der Waals surface area (Å²) in [5, 5.41) is 3.41. The molecule has 1 heterocycles. The minimum atomic E-state index is -0.116. The number of nitrogens with zero attached hydrogens (tertiary/aromatic N) is 1. The number of halogens is 2. The fourth-order valence-electron chi connectivity index (χ4n) is 1.88. The van der Waals surface area contributed by atoms with Gasteiger partial charge in [0.2, 0.25) is 0 Å². The highest BCUT2D eigenvalue weighted by Gasteiger charge is 2.23. The van der Waals surface area contributed by atoms with E-state index in [1.807, 2.05) is 54.6 Å². The van der Waals surface area contributed by atoms with Gasteiger partial charge in [-0.3, -0.25) is 4.79 Å². The third kappa shape index (κ3) is 3.80. The molecule has 6 heteroatoms. The molecule has 0 aliphatic carbocycles. The lowest BCUT2D eigenvalue weighted by molar-refractivity contribution is -0.115. The Hall–Kier alpha value is -1.12. The van der Waals surface area contributed by atoms with Crippen molar-refractivity contribution in [3.8, 4) is 0 Å². The number of thioether (sulfide) groups is 1. The number of hydrogen-bond acceptors (Lipinski definition) is 3. The fraction of sp³-hybridized carbons (Fsp3) is 0. The fourth-order valence-corrected chi connectivity index (χ4v) is 3.64. The second kappa shape index (κ2) is 6.97. The molecule has 1 saturated heterocycles. The van der Waals surface area contributed by atoms with Gasteiger partial charge in [-0.2, -0.15) is 0 Å². The summed E-state index contributed by atoms with van der Waals surface area (Å²) in [5.41, 5.74) is 1.83. The van der Waals surface area contributed by atoms with Gasteiger partial charge in [-0.05, 0) is 70.3 Å².